The average molecular weight is 252 g/mol. The van der Waals surface area contributed by atoms with E-state index in [0.717, 1.165) is 11.2 Å². The van der Waals surface area contributed by atoms with E-state index in [-0.39, 0.29) is 0 Å². The SMILES string of the molecule is Cc1nc2ccccc2c(C)c1C.N[SH](=O)=O. The minimum atomic E-state index is -2.62. The predicted octanol–water partition coefficient (Wildman–Crippen LogP) is 1.63. The van der Waals surface area contributed by atoms with Crippen LogP contribution in [-0.2, 0) is 10.9 Å². The predicted molar refractivity (Wildman–Crippen MR) is 70.5 cm³/mol. The van der Waals surface area contributed by atoms with Gasteiger partial charge in [-0.25, -0.2) is 13.6 Å². The van der Waals surface area contributed by atoms with Crippen LogP contribution in [0.1, 0.15) is 16.8 Å². The zero-order valence-corrected chi connectivity index (χ0v) is 11.0. The molecule has 2 rings (SSSR count). The normalized spacial score (nSPS) is 10.2. The Hall–Kier alpha value is -1.46. The number of hydrogen-bond donors (Lipinski definition) is 2. The third-order valence-electron chi connectivity index (χ3n) is 2.70. The quantitative estimate of drug-likeness (QED) is 0.700. The Morgan fingerprint density at radius 1 is 1.06 bits per heavy atom. The molecule has 0 amide bonds. The molecule has 1 heterocycles. The van der Waals surface area contributed by atoms with Gasteiger partial charge in [0.15, 0.2) is 10.9 Å². The van der Waals surface area contributed by atoms with Crippen LogP contribution in [0.3, 0.4) is 0 Å². The summed E-state index contributed by atoms with van der Waals surface area (Å²) < 4.78 is 17.6. The van der Waals surface area contributed by atoms with Crippen molar-refractivity contribution in [3.8, 4) is 0 Å². The Kier molecular flexibility index (Phi) is 4.60. The molecule has 1 aromatic carbocycles. The molecule has 0 aliphatic rings. The van der Waals surface area contributed by atoms with Crippen LogP contribution in [0.5, 0.6) is 0 Å². The van der Waals surface area contributed by atoms with Crippen molar-refractivity contribution in [1.82, 2.24) is 4.98 Å². The molecule has 1 aromatic heterocycles. The number of nitrogens with zero attached hydrogens (tertiary/aromatic N) is 1. The molecule has 2 aromatic rings. The summed E-state index contributed by atoms with van der Waals surface area (Å²) in [5.41, 5.74) is 4.89. The Morgan fingerprint density at radius 3 is 2.18 bits per heavy atom. The summed E-state index contributed by atoms with van der Waals surface area (Å²) in [6.07, 6.45) is 0. The Labute approximate surface area is 103 Å². The maximum absolute atomic E-state index is 8.81. The number of rotatable bonds is 0. The van der Waals surface area contributed by atoms with E-state index in [4.69, 9.17) is 8.42 Å². The van der Waals surface area contributed by atoms with Gasteiger partial charge in [-0.05, 0) is 38.0 Å². The molecular formula is C12H16N2O2S. The number of nitrogens with two attached hydrogens (primary N) is 1. The van der Waals surface area contributed by atoms with Gasteiger partial charge in [-0.3, -0.25) is 4.98 Å². The van der Waals surface area contributed by atoms with E-state index in [1.807, 2.05) is 6.07 Å². The first-order valence-electron chi connectivity index (χ1n) is 5.15. The number of aromatic nitrogens is 1. The Bertz CT molecular complexity index is 599. The first-order valence-corrected chi connectivity index (χ1v) is 6.39. The summed E-state index contributed by atoms with van der Waals surface area (Å²) in [6, 6.07) is 8.29. The summed E-state index contributed by atoms with van der Waals surface area (Å²) in [7, 11) is -2.62. The highest BCUT2D eigenvalue weighted by molar-refractivity contribution is 7.69. The monoisotopic (exact) mass is 252 g/mol. The minimum absolute atomic E-state index is 1.10. The molecule has 0 atom stereocenters. The topological polar surface area (TPSA) is 73.0 Å². The molecular weight excluding hydrogens is 236 g/mol. The molecule has 0 unspecified atom stereocenters. The summed E-state index contributed by atoms with van der Waals surface area (Å²) in [4.78, 5) is 4.54. The Morgan fingerprint density at radius 2 is 1.59 bits per heavy atom. The second kappa shape index (κ2) is 5.75. The second-order valence-corrected chi connectivity index (χ2v) is 4.32. The van der Waals surface area contributed by atoms with Crippen LogP contribution in [0, 0.1) is 20.8 Å². The average Bonchev–Trinajstić information content (AvgIpc) is 2.25. The number of para-hydroxylation sites is 1. The fourth-order valence-electron chi connectivity index (χ4n) is 1.63. The lowest BCUT2D eigenvalue weighted by atomic mass is 10.0. The van der Waals surface area contributed by atoms with Gasteiger partial charge >= 0.3 is 0 Å². The summed E-state index contributed by atoms with van der Waals surface area (Å²) in [5, 5.41) is 5.33. The fourth-order valence-corrected chi connectivity index (χ4v) is 1.63. The van der Waals surface area contributed by atoms with E-state index < -0.39 is 10.9 Å². The largest absolute Gasteiger partial charge is 0.253 e. The van der Waals surface area contributed by atoms with Crippen LogP contribution in [-0.4, -0.2) is 13.4 Å². The van der Waals surface area contributed by atoms with Crippen LogP contribution in [0.25, 0.3) is 10.9 Å². The number of hydrogen-bond acceptors (Lipinski definition) is 3. The minimum Gasteiger partial charge on any atom is -0.253 e. The van der Waals surface area contributed by atoms with Crippen molar-refractivity contribution >= 4 is 21.8 Å². The highest BCUT2D eigenvalue weighted by atomic mass is 32.2. The molecule has 0 saturated heterocycles. The molecule has 0 saturated carbocycles. The molecule has 17 heavy (non-hydrogen) atoms. The highest BCUT2D eigenvalue weighted by Gasteiger charge is 2.03. The summed E-state index contributed by atoms with van der Waals surface area (Å²) in [6.45, 7) is 6.35. The van der Waals surface area contributed by atoms with Crippen LogP contribution >= 0.6 is 0 Å². The molecule has 92 valence electrons. The lowest BCUT2D eigenvalue weighted by Gasteiger charge is -2.07. The molecule has 2 N–H and O–H groups in total. The van der Waals surface area contributed by atoms with E-state index >= 15 is 0 Å². The van der Waals surface area contributed by atoms with Gasteiger partial charge in [-0.1, -0.05) is 18.2 Å². The van der Waals surface area contributed by atoms with Crippen LogP contribution in [0.2, 0.25) is 0 Å². The van der Waals surface area contributed by atoms with Gasteiger partial charge in [0.25, 0.3) is 0 Å². The van der Waals surface area contributed by atoms with Crippen molar-refractivity contribution in [3.63, 3.8) is 0 Å². The van der Waals surface area contributed by atoms with Crippen molar-refractivity contribution in [1.29, 1.82) is 0 Å². The number of benzene rings is 1. The van der Waals surface area contributed by atoms with Gasteiger partial charge in [-0.15, -0.1) is 0 Å². The van der Waals surface area contributed by atoms with Gasteiger partial charge in [0, 0.05) is 11.1 Å². The molecule has 0 radical (unpaired) electrons. The van der Waals surface area contributed by atoms with Crippen LogP contribution in [0.4, 0.5) is 0 Å². The number of fused-ring (bicyclic) bond motifs is 1. The molecule has 0 aliphatic heterocycles. The molecule has 0 fully saturated rings. The van der Waals surface area contributed by atoms with Gasteiger partial charge < -0.3 is 0 Å². The van der Waals surface area contributed by atoms with E-state index in [1.54, 1.807) is 0 Å². The second-order valence-electron chi connectivity index (χ2n) is 3.75. The maximum Gasteiger partial charge on any atom is 0.198 e. The van der Waals surface area contributed by atoms with E-state index in [2.05, 4.69) is 49.1 Å². The molecule has 5 heteroatoms. The molecule has 0 spiro atoms. The number of pyridine rings is 1. The summed E-state index contributed by atoms with van der Waals surface area (Å²) in [5.74, 6) is 0. The Balaban J connectivity index is 0.000000317. The standard InChI is InChI=1S/C12H13N.H3NO2S/c1-8-9(2)11-6-4-5-7-12(11)13-10(8)3;1-4(2)3/h4-7H,1-3H3;4H,(H2,1,2,3). The van der Waals surface area contributed by atoms with Crippen molar-refractivity contribution < 1.29 is 8.42 Å². The highest BCUT2D eigenvalue weighted by Crippen LogP contribution is 2.20. The van der Waals surface area contributed by atoms with E-state index in [9.17, 15) is 0 Å². The lowest BCUT2D eigenvalue weighted by Crippen LogP contribution is -1.92. The van der Waals surface area contributed by atoms with Crippen molar-refractivity contribution in [2.24, 2.45) is 5.14 Å². The number of aryl methyl sites for hydroxylation is 2. The zero-order valence-electron chi connectivity index (χ0n) is 10.1. The van der Waals surface area contributed by atoms with Crippen molar-refractivity contribution in [2.75, 3.05) is 0 Å². The number of thiol groups is 1. The first kappa shape index (κ1) is 13.6. The van der Waals surface area contributed by atoms with Crippen molar-refractivity contribution in [3.05, 3.63) is 41.1 Å². The van der Waals surface area contributed by atoms with Gasteiger partial charge in [0.2, 0.25) is 0 Å². The molecule has 0 aliphatic carbocycles. The van der Waals surface area contributed by atoms with Gasteiger partial charge in [0.05, 0.1) is 5.52 Å². The third kappa shape index (κ3) is 3.51. The summed E-state index contributed by atoms with van der Waals surface area (Å²) >= 11 is 0. The first-order chi connectivity index (χ1) is 7.93. The van der Waals surface area contributed by atoms with Gasteiger partial charge in [-0.2, -0.15) is 0 Å². The smallest absolute Gasteiger partial charge is 0.198 e. The van der Waals surface area contributed by atoms with Crippen LogP contribution < -0.4 is 5.14 Å². The zero-order chi connectivity index (χ0) is 13.0. The van der Waals surface area contributed by atoms with Crippen molar-refractivity contribution in [2.45, 2.75) is 20.8 Å². The van der Waals surface area contributed by atoms with Gasteiger partial charge in [0.1, 0.15) is 0 Å². The molecule has 0 bridgehead atoms. The lowest BCUT2D eigenvalue weighted by molar-refractivity contribution is 0.616. The van der Waals surface area contributed by atoms with Crippen LogP contribution in [0.15, 0.2) is 24.3 Å². The maximum atomic E-state index is 8.81. The molecule has 4 nitrogen and oxygen atoms in total. The third-order valence-corrected chi connectivity index (χ3v) is 2.70. The fraction of sp³-hybridized carbons (Fsp3) is 0.250. The van der Waals surface area contributed by atoms with E-state index in [0.29, 0.717) is 0 Å². The van der Waals surface area contributed by atoms with E-state index in [1.165, 1.54) is 16.5 Å².